The highest BCUT2D eigenvalue weighted by atomic mass is 32.2. The summed E-state index contributed by atoms with van der Waals surface area (Å²) in [6.07, 6.45) is 0. The topological polar surface area (TPSA) is 55.8 Å². The first-order valence-corrected chi connectivity index (χ1v) is 9.24. The highest BCUT2D eigenvalue weighted by Crippen LogP contribution is 2.33. The average Bonchev–Trinajstić information content (AvgIpc) is 2.58. The quantitative estimate of drug-likeness (QED) is 0.753. The van der Waals surface area contributed by atoms with Crippen molar-refractivity contribution in [3.8, 4) is 11.5 Å². The van der Waals surface area contributed by atoms with Gasteiger partial charge in [0.1, 0.15) is 5.82 Å². The lowest BCUT2D eigenvalue weighted by Crippen LogP contribution is -2.31. The van der Waals surface area contributed by atoms with Crippen molar-refractivity contribution in [1.82, 2.24) is 4.31 Å². The van der Waals surface area contributed by atoms with Crippen LogP contribution in [0.25, 0.3) is 0 Å². The van der Waals surface area contributed by atoms with Crippen LogP contribution in [0.15, 0.2) is 41.3 Å². The Bertz CT molecular complexity index is 852. The smallest absolute Gasteiger partial charge is 0.243 e. The minimum Gasteiger partial charge on any atom is -0.493 e. The first kappa shape index (κ1) is 19.2. The first-order valence-electron chi connectivity index (χ1n) is 7.80. The number of benzene rings is 2. The molecule has 136 valence electrons. The Hall–Kier alpha value is -2.12. The van der Waals surface area contributed by atoms with Crippen molar-refractivity contribution in [2.24, 2.45) is 0 Å². The first-order chi connectivity index (χ1) is 11.8. The standard InChI is InChI=1S/C18H22FNO4S/c1-5-20(12-14-7-6-8-15(19)10-14)25(21,22)18-11-17(24-4)16(23-3)9-13(18)2/h6-11H,5,12H2,1-4H3. The number of hydrogen-bond acceptors (Lipinski definition) is 4. The summed E-state index contributed by atoms with van der Waals surface area (Å²) in [4.78, 5) is 0.142. The molecule has 0 aliphatic carbocycles. The second-order valence-electron chi connectivity index (χ2n) is 5.53. The minimum absolute atomic E-state index is 0.0877. The van der Waals surface area contributed by atoms with E-state index in [0.717, 1.165) is 0 Å². The molecule has 2 aromatic rings. The lowest BCUT2D eigenvalue weighted by atomic mass is 10.2. The zero-order chi connectivity index (χ0) is 18.6. The van der Waals surface area contributed by atoms with Gasteiger partial charge >= 0.3 is 0 Å². The van der Waals surface area contributed by atoms with Crippen molar-refractivity contribution in [2.45, 2.75) is 25.3 Å². The number of nitrogens with zero attached hydrogens (tertiary/aromatic N) is 1. The molecule has 0 amide bonds. The number of rotatable bonds is 7. The maximum atomic E-state index is 13.4. The van der Waals surface area contributed by atoms with Crippen molar-refractivity contribution in [2.75, 3.05) is 20.8 Å². The number of halogens is 1. The zero-order valence-electron chi connectivity index (χ0n) is 14.7. The molecule has 0 N–H and O–H groups in total. The fourth-order valence-corrected chi connectivity index (χ4v) is 4.24. The molecule has 0 saturated carbocycles. The van der Waals surface area contributed by atoms with Crippen molar-refractivity contribution in [3.05, 3.63) is 53.3 Å². The van der Waals surface area contributed by atoms with Gasteiger partial charge in [-0.1, -0.05) is 19.1 Å². The van der Waals surface area contributed by atoms with E-state index in [0.29, 0.717) is 22.6 Å². The van der Waals surface area contributed by atoms with Gasteiger partial charge in [0.05, 0.1) is 19.1 Å². The minimum atomic E-state index is -3.78. The van der Waals surface area contributed by atoms with Gasteiger partial charge in [0, 0.05) is 19.2 Å². The zero-order valence-corrected chi connectivity index (χ0v) is 15.6. The molecular weight excluding hydrogens is 345 g/mol. The summed E-state index contributed by atoms with van der Waals surface area (Å²) in [6, 6.07) is 9.00. The normalized spacial score (nSPS) is 11.6. The molecule has 0 fully saturated rings. The molecule has 0 radical (unpaired) electrons. The number of ether oxygens (including phenoxy) is 2. The molecule has 0 aliphatic heterocycles. The second-order valence-corrected chi connectivity index (χ2v) is 7.44. The fourth-order valence-electron chi connectivity index (χ4n) is 2.58. The van der Waals surface area contributed by atoms with Crippen LogP contribution in [0.4, 0.5) is 4.39 Å². The van der Waals surface area contributed by atoms with E-state index in [1.807, 2.05) is 0 Å². The van der Waals surface area contributed by atoms with Crippen molar-refractivity contribution >= 4 is 10.0 Å². The molecule has 5 nitrogen and oxygen atoms in total. The third-order valence-electron chi connectivity index (χ3n) is 3.90. The number of aryl methyl sites for hydroxylation is 1. The van der Waals surface area contributed by atoms with Crippen molar-refractivity contribution in [1.29, 1.82) is 0 Å². The van der Waals surface area contributed by atoms with Crippen LogP contribution in [0.5, 0.6) is 11.5 Å². The lowest BCUT2D eigenvalue weighted by Gasteiger charge is -2.22. The monoisotopic (exact) mass is 367 g/mol. The predicted molar refractivity (Wildman–Crippen MR) is 94.0 cm³/mol. The summed E-state index contributed by atoms with van der Waals surface area (Å²) in [7, 11) is -0.829. The number of hydrogen-bond donors (Lipinski definition) is 0. The van der Waals surface area contributed by atoms with Crippen LogP contribution in [0, 0.1) is 12.7 Å². The van der Waals surface area contributed by atoms with Gasteiger partial charge in [-0.05, 0) is 36.2 Å². The molecule has 0 aromatic heterocycles. The third-order valence-corrected chi connectivity index (χ3v) is 5.96. The van der Waals surface area contributed by atoms with E-state index in [1.54, 1.807) is 32.0 Å². The molecule has 2 rings (SSSR count). The van der Waals surface area contributed by atoms with Crippen LogP contribution in [-0.4, -0.2) is 33.5 Å². The van der Waals surface area contributed by atoms with E-state index < -0.39 is 15.8 Å². The van der Waals surface area contributed by atoms with Gasteiger partial charge in [-0.25, -0.2) is 12.8 Å². The van der Waals surface area contributed by atoms with Crippen LogP contribution < -0.4 is 9.47 Å². The van der Waals surface area contributed by atoms with E-state index in [2.05, 4.69) is 0 Å². The Balaban J connectivity index is 2.44. The maximum absolute atomic E-state index is 13.4. The molecule has 0 spiro atoms. The molecule has 0 atom stereocenters. The molecule has 0 heterocycles. The van der Waals surface area contributed by atoms with Gasteiger partial charge in [0.15, 0.2) is 11.5 Å². The van der Waals surface area contributed by atoms with E-state index in [4.69, 9.17) is 9.47 Å². The largest absolute Gasteiger partial charge is 0.493 e. The Kier molecular flexibility index (Phi) is 6.02. The van der Waals surface area contributed by atoms with Crippen LogP contribution in [0.1, 0.15) is 18.1 Å². The molecule has 25 heavy (non-hydrogen) atoms. The van der Waals surface area contributed by atoms with Crippen LogP contribution in [-0.2, 0) is 16.6 Å². The molecule has 0 aliphatic rings. The molecule has 2 aromatic carbocycles. The van der Waals surface area contributed by atoms with Gasteiger partial charge in [-0.15, -0.1) is 0 Å². The van der Waals surface area contributed by atoms with E-state index in [1.165, 1.54) is 36.7 Å². The number of methoxy groups -OCH3 is 2. The summed E-state index contributed by atoms with van der Waals surface area (Å²) in [6.45, 7) is 3.79. The predicted octanol–water partition coefficient (Wildman–Crippen LogP) is 3.36. The Morgan fingerprint density at radius 3 is 2.28 bits per heavy atom. The van der Waals surface area contributed by atoms with Crippen LogP contribution >= 0.6 is 0 Å². The summed E-state index contributed by atoms with van der Waals surface area (Å²) in [5, 5.41) is 0. The van der Waals surface area contributed by atoms with Gasteiger partial charge in [0.2, 0.25) is 10.0 Å². The molecule has 0 bridgehead atoms. The molecular formula is C18H22FNO4S. The lowest BCUT2D eigenvalue weighted by molar-refractivity contribution is 0.353. The Labute approximate surface area is 148 Å². The summed E-state index contributed by atoms with van der Waals surface area (Å²) < 4.78 is 51.3. The van der Waals surface area contributed by atoms with Crippen molar-refractivity contribution < 1.29 is 22.3 Å². The maximum Gasteiger partial charge on any atom is 0.243 e. The summed E-state index contributed by atoms with van der Waals surface area (Å²) >= 11 is 0. The highest BCUT2D eigenvalue weighted by molar-refractivity contribution is 7.89. The molecule has 0 unspecified atom stereocenters. The molecule has 7 heteroatoms. The average molecular weight is 367 g/mol. The second kappa shape index (κ2) is 7.84. The van der Waals surface area contributed by atoms with E-state index in [9.17, 15) is 12.8 Å². The summed E-state index contributed by atoms with van der Waals surface area (Å²) in [5.41, 5.74) is 1.14. The SMILES string of the molecule is CCN(Cc1cccc(F)c1)S(=O)(=O)c1cc(OC)c(OC)cc1C. The van der Waals surface area contributed by atoms with Crippen LogP contribution in [0.3, 0.4) is 0 Å². The van der Waals surface area contributed by atoms with Gasteiger partial charge in [0.25, 0.3) is 0 Å². The van der Waals surface area contributed by atoms with Gasteiger partial charge < -0.3 is 9.47 Å². The number of sulfonamides is 1. The van der Waals surface area contributed by atoms with E-state index >= 15 is 0 Å². The molecule has 0 saturated heterocycles. The van der Waals surface area contributed by atoms with Crippen molar-refractivity contribution in [3.63, 3.8) is 0 Å². The van der Waals surface area contributed by atoms with Gasteiger partial charge in [-0.2, -0.15) is 4.31 Å². The van der Waals surface area contributed by atoms with Crippen LogP contribution in [0.2, 0.25) is 0 Å². The highest BCUT2D eigenvalue weighted by Gasteiger charge is 2.27. The fraction of sp³-hybridized carbons (Fsp3) is 0.333. The van der Waals surface area contributed by atoms with E-state index in [-0.39, 0.29) is 18.0 Å². The Morgan fingerprint density at radius 2 is 1.72 bits per heavy atom. The Morgan fingerprint density at radius 1 is 1.08 bits per heavy atom. The summed E-state index contributed by atoms with van der Waals surface area (Å²) in [5.74, 6) is 0.411. The van der Waals surface area contributed by atoms with Gasteiger partial charge in [-0.3, -0.25) is 0 Å². The third kappa shape index (κ3) is 4.11.